The summed E-state index contributed by atoms with van der Waals surface area (Å²) in [6.07, 6.45) is 4.47. The molecule has 102 valence electrons. The van der Waals surface area contributed by atoms with E-state index in [1.54, 1.807) is 0 Å². The first-order valence-electron chi connectivity index (χ1n) is 6.95. The molecule has 1 fully saturated rings. The lowest BCUT2D eigenvalue weighted by Gasteiger charge is -2.20. The van der Waals surface area contributed by atoms with Gasteiger partial charge >= 0.3 is 0 Å². The predicted octanol–water partition coefficient (Wildman–Crippen LogP) is 2.18. The lowest BCUT2D eigenvalue weighted by Crippen LogP contribution is -2.28. The van der Waals surface area contributed by atoms with Crippen molar-refractivity contribution in [3.05, 3.63) is 18.0 Å². The van der Waals surface area contributed by atoms with Crippen LogP contribution < -0.4 is 0 Å². The average molecular weight is 252 g/mol. The lowest BCUT2D eigenvalue weighted by molar-refractivity contribution is 0.0435. The minimum atomic E-state index is -0.345. The van der Waals surface area contributed by atoms with Crippen LogP contribution in [0.4, 0.5) is 0 Å². The molecular weight excluding hydrogens is 228 g/mol. The van der Waals surface area contributed by atoms with Gasteiger partial charge in [0.15, 0.2) is 0 Å². The van der Waals surface area contributed by atoms with Gasteiger partial charge in [0.25, 0.3) is 0 Å². The normalized spacial score (nSPS) is 27.3. The number of nitrogens with zero attached hydrogens (tertiary/aromatic N) is 2. The Labute approximate surface area is 109 Å². The van der Waals surface area contributed by atoms with Gasteiger partial charge in [-0.15, -0.1) is 0 Å². The summed E-state index contributed by atoms with van der Waals surface area (Å²) >= 11 is 0. The highest BCUT2D eigenvalue weighted by molar-refractivity contribution is 5.02. The first-order valence-corrected chi connectivity index (χ1v) is 6.95. The van der Waals surface area contributed by atoms with E-state index in [9.17, 15) is 5.11 Å². The summed E-state index contributed by atoms with van der Waals surface area (Å²) in [5, 5.41) is 14.8. The first-order chi connectivity index (χ1) is 8.61. The van der Waals surface area contributed by atoms with Gasteiger partial charge in [-0.25, -0.2) is 0 Å². The highest BCUT2D eigenvalue weighted by Gasteiger charge is 2.31. The molecule has 4 nitrogen and oxygen atoms in total. The van der Waals surface area contributed by atoms with E-state index >= 15 is 0 Å². The molecule has 1 aliphatic rings. The summed E-state index contributed by atoms with van der Waals surface area (Å²) in [6, 6.07) is 2.43. The number of ether oxygens (including phenoxy) is 1. The van der Waals surface area contributed by atoms with Crippen molar-refractivity contribution in [3.8, 4) is 0 Å². The van der Waals surface area contributed by atoms with Gasteiger partial charge in [-0.2, -0.15) is 5.10 Å². The van der Waals surface area contributed by atoms with E-state index in [-0.39, 0.29) is 18.1 Å². The van der Waals surface area contributed by atoms with E-state index in [0.717, 1.165) is 25.1 Å². The van der Waals surface area contributed by atoms with Crippen molar-refractivity contribution in [1.29, 1.82) is 0 Å². The molecule has 1 N–H and O–H groups in total. The monoisotopic (exact) mass is 252 g/mol. The molecule has 0 amide bonds. The number of hydrogen-bond donors (Lipinski definition) is 1. The van der Waals surface area contributed by atoms with Crippen molar-refractivity contribution < 1.29 is 9.84 Å². The van der Waals surface area contributed by atoms with E-state index in [0.29, 0.717) is 12.5 Å². The van der Waals surface area contributed by atoms with Crippen LogP contribution in [0, 0.1) is 5.92 Å². The molecule has 0 aliphatic carbocycles. The highest BCUT2D eigenvalue weighted by atomic mass is 16.5. The van der Waals surface area contributed by atoms with Crippen molar-refractivity contribution in [2.24, 2.45) is 5.92 Å². The predicted molar refractivity (Wildman–Crippen MR) is 70.5 cm³/mol. The van der Waals surface area contributed by atoms with E-state index < -0.39 is 0 Å². The van der Waals surface area contributed by atoms with Gasteiger partial charge in [0, 0.05) is 31.2 Å². The zero-order valence-electron chi connectivity index (χ0n) is 11.5. The Morgan fingerprint density at radius 3 is 3.00 bits per heavy atom. The second-order valence-electron chi connectivity index (χ2n) is 5.34. The van der Waals surface area contributed by atoms with Gasteiger partial charge in [0.05, 0.1) is 17.9 Å². The molecule has 0 aromatic carbocycles. The van der Waals surface area contributed by atoms with Crippen molar-refractivity contribution in [2.45, 2.75) is 58.3 Å². The molecule has 18 heavy (non-hydrogen) atoms. The van der Waals surface area contributed by atoms with Gasteiger partial charge in [-0.3, -0.25) is 4.68 Å². The van der Waals surface area contributed by atoms with Crippen LogP contribution in [-0.2, 0) is 11.2 Å². The molecule has 0 bridgehead atoms. The third-order valence-corrected chi connectivity index (χ3v) is 4.05. The molecule has 1 saturated heterocycles. The third-order valence-electron chi connectivity index (χ3n) is 4.05. The standard InChI is InChI=1S/C14H24N2O2/c1-4-10(2)16-7-5-12(15-16)9-14(17)13-6-8-18-11(13)3/h5,7,10-11,13-14,17H,4,6,8-9H2,1-3H3. The number of hydrogen-bond acceptors (Lipinski definition) is 3. The molecule has 0 saturated carbocycles. The van der Waals surface area contributed by atoms with Gasteiger partial charge < -0.3 is 9.84 Å². The SMILES string of the molecule is CCC(C)n1ccc(CC(O)C2CCOC2C)n1. The minimum absolute atomic E-state index is 0.164. The smallest absolute Gasteiger partial charge is 0.0650 e. The molecule has 4 heteroatoms. The second kappa shape index (κ2) is 5.85. The number of aliphatic hydroxyl groups is 1. The van der Waals surface area contributed by atoms with Crippen LogP contribution in [0.25, 0.3) is 0 Å². The maximum atomic E-state index is 10.2. The molecule has 0 spiro atoms. The summed E-state index contributed by atoms with van der Waals surface area (Å²) < 4.78 is 7.48. The molecule has 0 radical (unpaired) electrons. The quantitative estimate of drug-likeness (QED) is 0.873. The first kappa shape index (κ1) is 13.6. The van der Waals surface area contributed by atoms with Crippen LogP contribution >= 0.6 is 0 Å². The third kappa shape index (κ3) is 2.93. The molecule has 1 aromatic rings. The van der Waals surface area contributed by atoms with Crippen LogP contribution in [-0.4, -0.2) is 33.7 Å². The Kier molecular flexibility index (Phi) is 4.40. The summed E-state index contributed by atoms with van der Waals surface area (Å²) in [6.45, 7) is 7.11. The Bertz CT molecular complexity index is 378. The summed E-state index contributed by atoms with van der Waals surface area (Å²) in [5.74, 6) is 0.249. The van der Waals surface area contributed by atoms with Gasteiger partial charge in [-0.05, 0) is 32.8 Å². The average Bonchev–Trinajstić information content (AvgIpc) is 2.97. The van der Waals surface area contributed by atoms with Crippen LogP contribution in [0.15, 0.2) is 12.3 Å². The van der Waals surface area contributed by atoms with Gasteiger partial charge in [-0.1, -0.05) is 6.92 Å². The van der Waals surface area contributed by atoms with Crippen LogP contribution in [0.2, 0.25) is 0 Å². The fraction of sp³-hybridized carbons (Fsp3) is 0.786. The number of aliphatic hydroxyl groups excluding tert-OH is 1. The zero-order valence-corrected chi connectivity index (χ0v) is 11.5. The van der Waals surface area contributed by atoms with E-state index in [4.69, 9.17) is 4.74 Å². The van der Waals surface area contributed by atoms with E-state index in [1.165, 1.54) is 0 Å². The molecule has 2 heterocycles. The molecular formula is C14H24N2O2. The molecule has 2 rings (SSSR count). The van der Waals surface area contributed by atoms with Crippen molar-refractivity contribution >= 4 is 0 Å². The maximum Gasteiger partial charge on any atom is 0.0650 e. The van der Waals surface area contributed by atoms with E-state index in [1.807, 2.05) is 23.9 Å². The fourth-order valence-electron chi connectivity index (χ4n) is 2.54. The van der Waals surface area contributed by atoms with Crippen molar-refractivity contribution in [1.82, 2.24) is 9.78 Å². The Morgan fingerprint density at radius 2 is 2.39 bits per heavy atom. The van der Waals surface area contributed by atoms with Crippen LogP contribution in [0.5, 0.6) is 0 Å². The van der Waals surface area contributed by atoms with Gasteiger partial charge in [0.2, 0.25) is 0 Å². The molecule has 1 aromatic heterocycles. The summed E-state index contributed by atoms with van der Waals surface area (Å²) in [5.41, 5.74) is 0.974. The fourth-order valence-corrected chi connectivity index (χ4v) is 2.54. The summed E-state index contributed by atoms with van der Waals surface area (Å²) in [7, 11) is 0. The largest absolute Gasteiger partial charge is 0.392 e. The molecule has 1 aliphatic heterocycles. The number of rotatable bonds is 5. The highest BCUT2D eigenvalue weighted by Crippen LogP contribution is 2.25. The lowest BCUT2D eigenvalue weighted by atomic mass is 9.93. The van der Waals surface area contributed by atoms with Crippen molar-refractivity contribution in [3.63, 3.8) is 0 Å². The number of aromatic nitrogens is 2. The molecule has 4 atom stereocenters. The Morgan fingerprint density at radius 1 is 1.61 bits per heavy atom. The topological polar surface area (TPSA) is 47.3 Å². The van der Waals surface area contributed by atoms with Crippen LogP contribution in [0.1, 0.15) is 45.3 Å². The second-order valence-corrected chi connectivity index (χ2v) is 5.34. The van der Waals surface area contributed by atoms with E-state index in [2.05, 4.69) is 18.9 Å². The molecule has 4 unspecified atom stereocenters. The summed E-state index contributed by atoms with van der Waals surface area (Å²) in [4.78, 5) is 0. The Balaban J connectivity index is 1.94. The maximum absolute atomic E-state index is 10.2. The van der Waals surface area contributed by atoms with Gasteiger partial charge in [0.1, 0.15) is 0 Å². The van der Waals surface area contributed by atoms with Crippen molar-refractivity contribution in [2.75, 3.05) is 6.61 Å². The zero-order chi connectivity index (χ0) is 13.1. The van der Waals surface area contributed by atoms with Crippen LogP contribution in [0.3, 0.4) is 0 Å². The minimum Gasteiger partial charge on any atom is -0.392 e. The Hall–Kier alpha value is -0.870.